The molecule has 92 valence electrons. The molecule has 0 amide bonds. The molecule has 0 saturated heterocycles. The standard InChI is InChI=1S/C11H13Cl2N3O/c1-11(17,5-16-7-14-6-15-16)9-3-2-8(12)4-10(9)13/h2-4,6,17H,5,7H2,1H3,(H,14,15). The number of benzene rings is 1. The van der Waals surface area contributed by atoms with Crippen LogP contribution < -0.4 is 5.43 Å². The molecular weight excluding hydrogens is 261 g/mol. The number of hydrogen-bond donors (Lipinski definition) is 2. The first-order valence-electron chi connectivity index (χ1n) is 5.16. The van der Waals surface area contributed by atoms with Crippen molar-refractivity contribution < 1.29 is 5.11 Å². The first-order chi connectivity index (χ1) is 7.99. The van der Waals surface area contributed by atoms with Gasteiger partial charge in [-0.05, 0) is 19.1 Å². The predicted octanol–water partition coefficient (Wildman–Crippen LogP) is 2.01. The van der Waals surface area contributed by atoms with Gasteiger partial charge < -0.3 is 10.5 Å². The SMILES string of the molecule is CC(O)(CN1CN=CN1)c1ccc(Cl)cc1Cl. The number of nitrogens with zero attached hydrogens (tertiary/aromatic N) is 2. The molecule has 0 spiro atoms. The van der Waals surface area contributed by atoms with Crippen LogP contribution in [0.25, 0.3) is 0 Å². The van der Waals surface area contributed by atoms with Gasteiger partial charge in [0.1, 0.15) is 12.3 Å². The zero-order chi connectivity index (χ0) is 12.5. The Morgan fingerprint density at radius 1 is 1.53 bits per heavy atom. The van der Waals surface area contributed by atoms with Crippen molar-refractivity contribution in [3.63, 3.8) is 0 Å². The molecule has 0 saturated carbocycles. The van der Waals surface area contributed by atoms with Gasteiger partial charge in [-0.1, -0.05) is 29.3 Å². The normalized spacial score (nSPS) is 19.1. The number of nitrogens with one attached hydrogen (secondary N) is 1. The van der Waals surface area contributed by atoms with Crippen LogP contribution in [0.2, 0.25) is 10.0 Å². The van der Waals surface area contributed by atoms with Crippen molar-refractivity contribution in [1.29, 1.82) is 0 Å². The van der Waals surface area contributed by atoms with Gasteiger partial charge in [-0.25, -0.2) is 0 Å². The Morgan fingerprint density at radius 2 is 2.29 bits per heavy atom. The monoisotopic (exact) mass is 273 g/mol. The van der Waals surface area contributed by atoms with Crippen molar-refractivity contribution in [3.8, 4) is 0 Å². The minimum Gasteiger partial charge on any atom is -0.384 e. The molecule has 17 heavy (non-hydrogen) atoms. The fraction of sp³-hybridized carbons (Fsp3) is 0.364. The third-order valence-electron chi connectivity index (χ3n) is 2.59. The van der Waals surface area contributed by atoms with E-state index in [1.807, 2.05) is 0 Å². The molecule has 0 fully saturated rings. The number of rotatable bonds is 3. The van der Waals surface area contributed by atoms with Crippen molar-refractivity contribution in [2.24, 2.45) is 4.99 Å². The van der Waals surface area contributed by atoms with Crippen LogP contribution >= 0.6 is 23.2 Å². The van der Waals surface area contributed by atoms with Crippen molar-refractivity contribution in [3.05, 3.63) is 33.8 Å². The van der Waals surface area contributed by atoms with Crippen molar-refractivity contribution in [2.45, 2.75) is 12.5 Å². The largest absolute Gasteiger partial charge is 0.384 e. The van der Waals surface area contributed by atoms with Crippen LogP contribution in [-0.2, 0) is 5.60 Å². The lowest BCUT2D eigenvalue weighted by atomic mass is 9.96. The van der Waals surface area contributed by atoms with Crippen LogP contribution in [0.5, 0.6) is 0 Å². The fourth-order valence-electron chi connectivity index (χ4n) is 1.78. The summed E-state index contributed by atoms with van der Waals surface area (Å²) in [5.41, 5.74) is 2.51. The Labute approximate surface area is 110 Å². The molecule has 1 aliphatic rings. The van der Waals surface area contributed by atoms with Crippen LogP contribution in [0.15, 0.2) is 23.2 Å². The van der Waals surface area contributed by atoms with Crippen LogP contribution in [-0.4, -0.2) is 29.7 Å². The van der Waals surface area contributed by atoms with Gasteiger partial charge in [0, 0.05) is 15.6 Å². The summed E-state index contributed by atoms with van der Waals surface area (Å²) in [4.78, 5) is 4.00. The van der Waals surface area contributed by atoms with E-state index in [0.717, 1.165) is 0 Å². The molecule has 1 heterocycles. The third kappa shape index (κ3) is 2.90. The Balaban J connectivity index is 2.18. The minimum absolute atomic E-state index is 0.383. The molecule has 1 aromatic rings. The molecule has 0 bridgehead atoms. The smallest absolute Gasteiger partial charge is 0.110 e. The second-order valence-corrected chi connectivity index (χ2v) is 5.02. The van der Waals surface area contributed by atoms with Gasteiger partial charge in [-0.2, -0.15) is 5.01 Å². The molecule has 0 aromatic heterocycles. The second kappa shape index (κ2) is 4.82. The molecule has 6 heteroatoms. The van der Waals surface area contributed by atoms with E-state index in [2.05, 4.69) is 10.4 Å². The van der Waals surface area contributed by atoms with Crippen LogP contribution in [0.4, 0.5) is 0 Å². The zero-order valence-corrected chi connectivity index (χ0v) is 10.8. The van der Waals surface area contributed by atoms with Crippen molar-refractivity contribution >= 4 is 29.5 Å². The summed E-state index contributed by atoms with van der Waals surface area (Å²) in [7, 11) is 0. The van der Waals surface area contributed by atoms with Crippen molar-refractivity contribution in [1.82, 2.24) is 10.4 Å². The van der Waals surface area contributed by atoms with E-state index in [0.29, 0.717) is 28.8 Å². The predicted molar refractivity (Wildman–Crippen MR) is 69.2 cm³/mol. The summed E-state index contributed by atoms with van der Waals surface area (Å²) >= 11 is 11.9. The Bertz CT molecular complexity index is 440. The summed E-state index contributed by atoms with van der Waals surface area (Å²) in [6.07, 6.45) is 1.60. The highest BCUT2D eigenvalue weighted by Crippen LogP contribution is 2.30. The van der Waals surface area contributed by atoms with E-state index in [4.69, 9.17) is 23.2 Å². The van der Waals surface area contributed by atoms with Crippen LogP contribution in [0, 0.1) is 0 Å². The fourth-order valence-corrected chi connectivity index (χ4v) is 2.39. The topological polar surface area (TPSA) is 47.9 Å². The molecular formula is C11H13Cl2N3O. The van der Waals surface area contributed by atoms with E-state index < -0.39 is 5.60 Å². The average Bonchev–Trinajstić information content (AvgIpc) is 2.68. The van der Waals surface area contributed by atoms with E-state index in [-0.39, 0.29) is 0 Å². The number of halogens is 2. The molecule has 1 aromatic carbocycles. The molecule has 0 aliphatic carbocycles. The third-order valence-corrected chi connectivity index (χ3v) is 3.14. The number of β-amino-alcohol motifs (C(OH)–C–C–N with tert-alkyl or cyclic N) is 1. The number of aliphatic imine (C=N–C) groups is 1. The minimum atomic E-state index is -1.07. The number of aliphatic hydroxyl groups is 1. The summed E-state index contributed by atoms with van der Waals surface area (Å²) in [5, 5.41) is 13.3. The van der Waals surface area contributed by atoms with Crippen molar-refractivity contribution in [2.75, 3.05) is 13.2 Å². The lowest BCUT2D eigenvalue weighted by Crippen LogP contribution is -2.43. The van der Waals surface area contributed by atoms with E-state index in [9.17, 15) is 5.11 Å². The Kier molecular flexibility index (Phi) is 3.58. The average molecular weight is 274 g/mol. The lowest BCUT2D eigenvalue weighted by molar-refractivity contribution is 0.0120. The number of hydrazine groups is 1. The second-order valence-electron chi connectivity index (χ2n) is 4.18. The van der Waals surface area contributed by atoms with E-state index >= 15 is 0 Å². The highest BCUT2D eigenvalue weighted by molar-refractivity contribution is 6.35. The van der Waals surface area contributed by atoms with Gasteiger partial charge in [-0.15, -0.1) is 0 Å². The highest BCUT2D eigenvalue weighted by atomic mass is 35.5. The van der Waals surface area contributed by atoms with Gasteiger partial charge in [0.05, 0.1) is 12.9 Å². The summed E-state index contributed by atoms with van der Waals surface area (Å²) < 4.78 is 0. The maximum absolute atomic E-state index is 10.5. The van der Waals surface area contributed by atoms with Gasteiger partial charge >= 0.3 is 0 Å². The molecule has 1 aliphatic heterocycles. The summed E-state index contributed by atoms with van der Waals surface area (Å²) in [6, 6.07) is 5.08. The summed E-state index contributed by atoms with van der Waals surface area (Å²) in [6.45, 7) is 2.61. The van der Waals surface area contributed by atoms with Crippen LogP contribution in [0.3, 0.4) is 0 Å². The molecule has 0 radical (unpaired) electrons. The highest BCUT2D eigenvalue weighted by Gasteiger charge is 2.29. The first-order valence-corrected chi connectivity index (χ1v) is 5.92. The van der Waals surface area contributed by atoms with E-state index in [1.54, 1.807) is 36.5 Å². The summed E-state index contributed by atoms with van der Waals surface area (Å²) in [5.74, 6) is 0. The van der Waals surface area contributed by atoms with Gasteiger partial charge in [-0.3, -0.25) is 4.99 Å². The molecule has 2 rings (SSSR count). The van der Waals surface area contributed by atoms with Gasteiger partial charge in [0.2, 0.25) is 0 Å². The number of hydrogen-bond acceptors (Lipinski definition) is 4. The molecule has 2 N–H and O–H groups in total. The Morgan fingerprint density at radius 3 is 2.88 bits per heavy atom. The molecule has 1 unspecified atom stereocenters. The maximum Gasteiger partial charge on any atom is 0.110 e. The Hall–Kier alpha value is -0.810. The molecule has 4 nitrogen and oxygen atoms in total. The van der Waals surface area contributed by atoms with Gasteiger partial charge in [0.25, 0.3) is 0 Å². The lowest BCUT2D eigenvalue weighted by Gasteiger charge is -2.29. The maximum atomic E-state index is 10.5. The molecule has 1 atom stereocenters. The van der Waals surface area contributed by atoms with Gasteiger partial charge in [0.15, 0.2) is 0 Å². The van der Waals surface area contributed by atoms with E-state index in [1.165, 1.54) is 0 Å². The van der Waals surface area contributed by atoms with Crippen LogP contribution in [0.1, 0.15) is 12.5 Å². The quantitative estimate of drug-likeness (QED) is 0.886. The first kappa shape index (κ1) is 12.6. The zero-order valence-electron chi connectivity index (χ0n) is 9.32.